The van der Waals surface area contributed by atoms with E-state index in [1.54, 1.807) is 48.1 Å². The molecule has 0 unspecified atom stereocenters. The minimum Gasteiger partial charge on any atom is -0.495 e. The summed E-state index contributed by atoms with van der Waals surface area (Å²) in [4.78, 5) is 5.47. The highest BCUT2D eigenvalue weighted by atomic mass is 32.2. The standard InChI is InChI=1S/C17H15NO3S2/c1-12-4-3-5-16(17(12)21-2)23(19,20)14-8-6-13(7-9-14)15-10-18-11-22-15/h3-11H,1-2H3. The predicted octanol–water partition coefficient (Wildman–Crippen LogP) is 3.96. The maximum atomic E-state index is 12.9. The lowest BCUT2D eigenvalue weighted by Crippen LogP contribution is -2.05. The molecular weight excluding hydrogens is 330 g/mol. The van der Waals surface area contributed by atoms with E-state index in [4.69, 9.17) is 4.74 Å². The SMILES string of the molecule is COc1c(C)cccc1S(=O)(=O)c1ccc(-c2cncs2)cc1. The van der Waals surface area contributed by atoms with Crippen LogP contribution in [0.15, 0.2) is 64.0 Å². The number of ether oxygens (including phenoxy) is 1. The van der Waals surface area contributed by atoms with Gasteiger partial charge in [-0.25, -0.2) is 8.42 Å². The van der Waals surface area contributed by atoms with Gasteiger partial charge in [0.1, 0.15) is 10.6 Å². The quantitative estimate of drug-likeness (QED) is 0.718. The molecule has 3 aromatic rings. The lowest BCUT2D eigenvalue weighted by Gasteiger charge is -2.12. The van der Waals surface area contributed by atoms with Crippen molar-refractivity contribution >= 4 is 21.2 Å². The molecule has 3 rings (SSSR count). The van der Waals surface area contributed by atoms with Crippen molar-refractivity contribution in [2.75, 3.05) is 7.11 Å². The normalized spacial score (nSPS) is 11.4. The summed E-state index contributed by atoms with van der Waals surface area (Å²) in [7, 11) is -2.15. The van der Waals surface area contributed by atoms with Gasteiger partial charge < -0.3 is 4.74 Å². The Bertz CT molecular complexity index is 915. The van der Waals surface area contributed by atoms with Gasteiger partial charge in [0, 0.05) is 6.20 Å². The molecule has 0 atom stereocenters. The van der Waals surface area contributed by atoms with E-state index in [-0.39, 0.29) is 9.79 Å². The van der Waals surface area contributed by atoms with Crippen molar-refractivity contribution in [2.45, 2.75) is 16.7 Å². The van der Waals surface area contributed by atoms with Gasteiger partial charge in [0.25, 0.3) is 0 Å². The Kier molecular flexibility index (Phi) is 4.19. The number of hydrogen-bond donors (Lipinski definition) is 0. The van der Waals surface area contributed by atoms with Crippen molar-refractivity contribution in [3.8, 4) is 16.2 Å². The molecular formula is C17H15NO3S2. The first-order chi connectivity index (χ1) is 11.0. The molecule has 0 N–H and O–H groups in total. The predicted molar refractivity (Wildman–Crippen MR) is 90.7 cm³/mol. The highest BCUT2D eigenvalue weighted by Gasteiger charge is 2.23. The number of hydrogen-bond acceptors (Lipinski definition) is 5. The average Bonchev–Trinajstić information content (AvgIpc) is 3.09. The molecule has 0 bridgehead atoms. The van der Waals surface area contributed by atoms with Crippen LogP contribution in [0.3, 0.4) is 0 Å². The summed E-state index contributed by atoms with van der Waals surface area (Å²) in [5, 5.41) is 0. The molecule has 0 amide bonds. The fraction of sp³-hybridized carbons (Fsp3) is 0.118. The van der Waals surface area contributed by atoms with Crippen LogP contribution < -0.4 is 4.74 Å². The third-order valence-electron chi connectivity index (χ3n) is 3.55. The fourth-order valence-electron chi connectivity index (χ4n) is 2.38. The van der Waals surface area contributed by atoms with Gasteiger partial charge in [0.05, 0.1) is 22.4 Å². The molecule has 1 heterocycles. The summed E-state index contributed by atoms with van der Waals surface area (Å²) in [6.45, 7) is 1.82. The molecule has 6 heteroatoms. The molecule has 1 aromatic heterocycles. The van der Waals surface area contributed by atoms with Crippen molar-refractivity contribution in [3.05, 3.63) is 59.7 Å². The minimum absolute atomic E-state index is 0.186. The van der Waals surface area contributed by atoms with Crippen LogP contribution in [0.2, 0.25) is 0 Å². The van der Waals surface area contributed by atoms with Gasteiger partial charge >= 0.3 is 0 Å². The minimum atomic E-state index is -3.63. The number of aromatic nitrogens is 1. The Morgan fingerprint density at radius 2 is 1.83 bits per heavy atom. The zero-order valence-corrected chi connectivity index (χ0v) is 14.3. The van der Waals surface area contributed by atoms with Crippen molar-refractivity contribution in [1.82, 2.24) is 4.98 Å². The van der Waals surface area contributed by atoms with Gasteiger partial charge in [-0.05, 0) is 36.2 Å². The van der Waals surface area contributed by atoms with Crippen molar-refractivity contribution < 1.29 is 13.2 Å². The monoisotopic (exact) mass is 345 g/mol. The van der Waals surface area contributed by atoms with Crippen LogP contribution in [-0.4, -0.2) is 20.5 Å². The Balaban J connectivity index is 2.05. The van der Waals surface area contributed by atoms with Crippen molar-refractivity contribution in [2.24, 2.45) is 0 Å². The van der Waals surface area contributed by atoms with Gasteiger partial charge in [-0.15, -0.1) is 11.3 Å². The Morgan fingerprint density at radius 1 is 1.09 bits per heavy atom. The van der Waals surface area contributed by atoms with Crippen LogP contribution in [0.25, 0.3) is 10.4 Å². The molecule has 0 spiro atoms. The summed E-state index contributed by atoms with van der Waals surface area (Å²) in [5.41, 5.74) is 3.48. The van der Waals surface area contributed by atoms with Gasteiger partial charge in [0.2, 0.25) is 9.84 Å². The van der Waals surface area contributed by atoms with Crippen LogP contribution in [-0.2, 0) is 9.84 Å². The van der Waals surface area contributed by atoms with Crippen LogP contribution in [0, 0.1) is 6.92 Å². The number of aryl methyl sites for hydroxylation is 1. The van der Waals surface area contributed by atoms with E-state index >= 15 is 0 Å². The van der Waals surface area contributed by atoms with Crippen LogP contribution in [0.1, 0.15) is 5.56 Å². The summed E-state index contributed by atoms with van der Waals surface area (Å²) in [6, 6.07) is 11.9. The topological polar surface area (TPSA) is 56.3 Å². The van der Waals surface area contributed by atoms with Crippen molar-refractivity contribution in [1.29, 1.82) is 0 Å². The molecule has 0 aliphatic carbocycles. The van der Waals surface area contributed by atoms with Gasteiger partial charge in [-0.2, -0.15) is 0 Å². The summed E-state index contributed by atoms with van der Waals surface area (Å²) in [6.07, 6.45) is 1.76. The number of sulfone groups is 1. The zero-order valence-electron chi connectivity index (χ0n) is 12.7. The molecule has 2 aromatic carbocycles. The van der Waals surface area contributed by atoms with E-state index in [2.05, 4.69) is 4.98 Å². The average molecular weight is 345 g/mol. The van der Waals surface area contributed by atoms with Crippen LogP contribution in [0.5, 0.6) is 5.75 Å². The van der Waals surface area contributed by atoms with E-state index in [9.17, 15) is 8.42 Å². The lowest BCUT2D eigenvalue weighted by atomic mass is 10.2. The number of rotatable bonds is 4. The van der Waals surface area contributed by atoms with Crippen LogP contribution >= 0.6 is 11.3 Å². The summed E-state index contributed by atoms with van der Waals surface area (Å²) < 4.78 is 31.0. The molecule has 118 valence electrons. The first-order valence-corrected chi connectivity index (χ1v) is 9.28. The molecule has 0 saturated carbocycles. The molecule has 4 nitrogen and oxygen atoms in total. The summed E-state index contributed by atoms with van der Waals surface area (Å²) in [5.74, 6) is 0.388. The highest BCUT2D eigenvalue weighted by Crippen LogP contribution is 2.33. The number of nitrogens with zero attached hydrogens (tertiary/aromatic N) is 1. The molecule has 23 heavy (non-hydrogen) atoms. The fourth-order valence-corrected chi connectivity index (χ4v) is 4.51. The highest BCUT2D eigenvalue weighted by molar-refractivity contribution is 7.91. The lowest BCUT2D eigenvalue weighted by molar-refractivity contribution is 0.399. The second-order valence-electron chi connectivity index (χ2n) is 5.00. The first kappa shape index (κ1) is 15.7. The largest absolute Gasteiger partial charge is 0.495 e. The number of benzene rings is 2. The van der Waals surface area contributed by atoms with Gasteiger partial charge in [0.15, 0.2) is 0 Å². The summed E-state index contributed by atoms with van der Waals surface area (Å²) >= 11 is 1.51. The zero-order chi connectivity index (χ0) is 16.4. The van der Waals surface area contributed by atoms with E-state index in [1.165, 1.54) is 18.4 Å². The van der Waals surface area contributed by atoms with Gasteiger partial charge in [-0.1, -0.05) is 24.3 Å². The van der Waals surface area contributed by atoms with Gasteiger partial charge in [-0.3, -0.25) is 4.98 Å². The third kappa shape index (κ3) is 2.87. The molecule has 0 saturated heterocycles. The maximum absolute atomic E-state index is 12.9. The second kappa shape index (κ2) is 6.14. The Morgan fingerprint density at radius 3 is 2.43 bits per heavy atom. The Labute approximate surface area is 139 Å². The number of para-hydroxylation sites is 1. The first-order valence-electron chi connectivity index (χ1n) is 6.91. The second-order valence-corrected chi connectivity index (χ2v) is 7.80. The molecule has 0 fully saturated rings. The van der Waals surface area contributed by atoms with Crippen LogP contribution in [0.4, 0.5) is 0 Å². The van der Waals surface area contributed by atoms with Crippen molar-refractivity contribution in [3.63, 3.8) is 0 Å². The molecule has 0 radical (unpaired) electrons. The maximum Gasteiger partial charge on any atom is 0.210 e. The third-order valence-corrected chi connectivity index (χ3v) is 6.17. The van der Waals surface area contributed by atoms with E-state index in [0.717, 1.165) is 16.0 Å². The number of methoxy groups -OCH3 is 1. The van der Waals surface area contributed by atoms with E-state index < -0.39 is 9.84 Å². The molecule has 0 aliphatic rings. The molecule has 0 aliphatic heterocycles. The van der Waals surface area contributed by atoms with E-state index in [1.807, 2.05) is 13.0 Å². The smallest absolute Gasteiger partial charge is 0.210 e. The van der Waals surface area contributed by atoms with E-state index in [0.29, 0.717) is 5.75 Å². The number of thiazole rings is 1. The Hall–Kier alpha value is -2.18.